The number of aliphatic carboxylic acids is 1. The number of benzene rings is 1. The van der Waals surface area contributed by atoms with Gasteiger partial charge in [-0.05, 0) is 37.5 Å². The summed E-state index contributed by atoms with van der Waals surface area (Å²) in [5.74, 6) is -1.59. The Morgan fingerprint density at radius 1 is 1.38 bits per heavy atom. The van der Waals surface area contributed by atoms with Gasteiger partial charge in [0.1, 0.15) is 5.82 Å². The predicted octanol–water partition coefficient (Wildman–Crippen LogP) is 1.87. The maximum Gasteiger partial charge on any atom is 0.306 e. The summed E-state index contributed by atoms with van der Waals surface area (Å²) in [5.41, 5.74) is 1.47. The Balaban J connectivity index is 1.85. The van der Waals surface area contributed by atoms with Crippen molar-refractivity contribution in [3.63, 3.8) is 0 Å². The molecule has 1 aromatic carbocycles. The number of piperidine rings is 1. The zero-order valence-corrected chi connectivity index (χ0v) is 11.9. The summed E-state index contributed by atoms with van der Waals surface area (Å²) in [6.07, 6.45) is 0.972. The fourth-order valence-corrected chi connectivity index (χ4v) is 2.44. The van der Waals surface area contributed by atoms with Gasteiger partial charge in [0.2, 0.25) is 5.91 Å². The Morgan fingerprint density at radius 3 is 2.67 bits per heavy atom. The minimum atomic E-state index is -0.796. The van der Waals surface area contributed by atoms with Crippen molar-refractivity contribution in [1.29, 1.82) is 0 Å². The number of carboxylic acids is 1. The molecule has 1 aliphatic heterocycles. The van der Waals surface area contributed by atoms with Crippen LogP contribution in [0.3, 0.4) is 0 Å². The molecule has 0 unspecified atom stereocenters. The van der Waals surface area contributed by atoms with Gasteiger partial charge in [0.25, 0.3) is 0 Å². The second-order valence-electron chi connectivity index (χ2n) is 5.31. The summed E-state index contributed by atoms with van der Waals surface area (Å²) < 4.78 is 13.2. The lowest BCUT2D eigenvalue weighted by Crippen LogP contribution is -2.42. The van der Waals surface area contributed by atoms with Gasteiger partial charge in [0.15, 0.2) is 0 Å². The van der Waals surface area contributed by atoms with E-state index < -0.39 is 5.97 Å². The number of hydrogen-bond donors (Lipinski definition) is 2. The first-order chi connectivity index (χ1) is 9.97. The Labute approximate surface area is 122 Å². The molecule has 0 radical (unpaired) electrons. The predicted molar refractivity (Wildman–Crippen MR) is 76.6 cm³/mol. The summed E-state index contributed by atoms with van der Waals surface area (Å²) in [7, 11) is 0. The van der Waals surface area contributed by atoms with Gasteiger partial charge in [-0.15, -0.1) is 0 Å². The quantitative estimate of drug-likeness (QED) is 0.889. The second kappa shape index (κ2) is 6.56. The standard InChI is InChI=1S/C15H19FN2O3/c1-10-2-3-12(16)8-13(10)17-9-14(19)18-6-4-11(5-7-18)15(20)21/h2-3,8,11,17H,4-7,9H2,1H3,(H,20,21). The molecule has 2 N–H and O–H groups in total. The third kappa shape index (κ3) is 3.93. The van der Waals surface area contributed by atoms with Crippen molar-refractivity contribution in [3.8, 4) is 0 Å². The highest BCUT2D eigenvalue weighted by Gasteiger charge is 2.26. The molecule has 0 bridgehead atoms. The van der Waals surface area contributed by atoms with Crippen LogP contribution in [-0.4, -0.2) is 41.5 Å². The first-order valence-corrected chi connectivity index (χ1v) is 6.98. The number of amides is 1. The topological polar surface area (TPSA) is 69.6 Å². The zero-order chi connectivity index (χ0) is 15.4. The number of nitrogens with one attached hydrogen (secondary N) is 1. The number of carbonyl (C=O) groups is 2. The third-order valence-electron chi connectivity index (χ3n) is 3.83. The molecule has 6 heteroatoms. The van der Waals surface area contributed by atoms with Crippen molar-refractivity contribution in [1.82, 2.24) is 4.90 Å². The summed E-state index contributed by atoms with van der Waals surface area (Å²) in [6.45, 7) is 2.84. The van der Waals surface area contributed by atoms with E-state index in [2.05, 4.69) is 5.32 Å². The maximum atomic E-state index is 13.2. The van der Waals surface area contributed by atoms with Crippen molar-refractivity contribution in [2.75, 3.05) is 25.0 Å². The number of halogens is 1. The molecule has 0 aromatic heterocycles. The maximum absolute atomic E-state index is 13.2. The first-order valence-electron chi connectivity index (χ1n) is 6.98. The average Bonchev–Trinajstić information content (AvgIpc) is 2.48. The molecule has 21 heavy (non-hydrogen) atoms. The van der Waals surface area contributed by atoms with E-state index in [9.17, 15) is 14.0 Å². The normalized spacial score (nSPS) is 15.8. The number of rotatable bonds is 4. The molecule has 0 spiro atoms. The summed E-state index contributed by atoms with van der Waals surface area (Å²) >= 11 is 0. The minimum Gasteiger partial charge on any atom is -0.481 e. The van der Waals surface area contributed by atoms with E-state index >= 15 is 0 Å². The van der Waals surface area contributed by atoms with Crippen LogP contribution in [0.1, 0.15) is 18.4 Å². The molecule has 0 atom stereocenters. The molecule has 1 aliphatic rings. The van der Waals surface area contributed by atoms with Gasteiger partial charge in [-0.3, -0.25) is 9.59 Å². The molecule has 5 nitrogen and oxygen atoms in total. The number of nitrogens with zero attached hydrogens (tertiary/aromatic N) is 1. The molecule has 0 aliphatic carbocycles. The van der Waals surface area contributed by atoms with Crippen molar-refractivity contribution in [3.05, 3.63) is 29.6 Å². The number of carbonyl (C=O) groups excluding carboxylic acids is 1. The van der Waals surface area contributed by atoms with Crippen LogP contribution in [0.2, 0.25) is 0 Å². The third-order valence-corrected chi connectivity index (χ3v) is 3.83. The molecule has 2 rings (SSSR count). The molecule has 114 valence electrons. The van der Waals surface area contributed by atoms with Gasteiger partial charge in [-0.1, -0.05) is 6.07 Å². The van der Waals surface area contributed by atoms with Crippen LogP contribution in [0.25, 0.3) is 0 Å². The number of anilines is 1. The highest BCUT2D eigenvalue weighted by atomic mass is 19.1. The second-order valence-corrected chi connectivity index (χ2v) is 5.31. The van der Waals surface area contributed by atoms with E-state index in [1.54, 1.807) is 11.0 Å². The largest absolute Gasteiger partial charge is 0.481 e. The molecule has 1 saturated heterocycles. The van der Waals surface area contributed by atoms with Gasteiger partial charge in [0, 0.05) is 18.8 Å². The number of aryl methyl sites for hydroxylation is 1. The van der Waals surface area contributed by atoms with E-state index in [1.165, 1.54) is 12.1 Å². The smallest absolute Gasteiger partial charge is 0.306 e. The van der Waals surface area contributed by atoms with Crippen LogP contribution in [0.5, 0.6) is 0 Å². The molecule has 1 aromatic rings. The lowest BCUT2D eigenvalue weighted by molar-refractivity contribution is -0.145. The van der Waals surface area contributed by atoms with Crippen molar-refractivity contribution in [2.45, 2.75) is 19.8 Å². The Bertz CT molecular complexity index is 540. The molecule has 1 fully saturated rings. The Hall–Kier alpha value is -2.11. The van der Waals surface area contributed by atoms with Gasteiger partial charge >= 0.3 is 5.97 Å². The lowest BCUT2D eigenvalue weighted by Gasteiger charge is -2.30. The summed E-state index contributed by atoms with van der Waals surface area (Å²) in [5, 5.41) is 11.9. The van der Waals surface area contributed by atoms with E-state index in [1.807, 2.05) is 6.92 Å². The van der Waals surface area contributed by atoms with E-state index in [-0.39, 0.29) is 24.2 Å². The van der Waals surface area contributed by atoms with Crippen molar-refractivity contribution in [2.24, 2.45) is 5.92 Å². The number of likely N-dealkylation sites (tertiary alicyclic amines) is 1. The van der Waals surface area contributed by atoms with Gasteiger partial charge in [-0.25, -0.2) is 4.39 Å². The van der Waals surface area contributed by atoms with E-state index in [0.29, 0.717) is 31.6 Å². The van der Waals surface area contributed by atoms with E-state index in [4.69, 9.17) is 5.11 Å². The highest BCUT2D eigenvalue weighted by Crippen LogP contribution is 2.18. The molecular formula is C15H19FN2O3. The average molecular weight is 294 g/mol. The molecule has 0 saturated carbocycles. The van der Waals surface area contributed by atoms with Crippen LogP contribution in [-0.2, 0) is 9.59 Å². The minimum absolute atomic E-state index is 0.0853. The van der Waals surface area contributed by atoms with Crippen LogP contribution >= 0.6 is 0 Å². The number of hydrogen-bond acceptors (Lipinski definition) is 3. The molecule has 1 heterocycles. The zero-order valence-electron chi connectivity index (χ0n) is 11.9. The lowest BCUT2D eigenvalue weighted by atomic mass is 9.97. The fourth-order valence-electron chi connectivity index (χ4n) is 2.44. The summed E-state index contributed by atoms with van der Waals surface area (Å²) in [6, 6.07) is 4.39. The van der Waals surface area contributed by atoms with Crippen LogP contribution in [0.4, 0.5) is 10.1 Å². The Kier molecular flexibility index (Phi) is 4.77. The van der Waals surface area contributed by atoms with Crippen LogP contribution in [0.15, 0.2) is 18.2 Å². The highest BCUT2D eigenvalue weighted by molar-refractivity contribution is 5.81. The van der Waals surface area contributed by atoms with Gasteiger partial charge in [0.05, 0.1) is 12.5 Å². The fraction of sp³-hybridized carbons (Fsp3) is 0.467. The summed E-state index contributed by atoms with van der Waals surface area (Å²) in [4.78, 5) is 24.6. The SMILES string of the molecule is Cc1ccc(F)cc1NCC(=O)N1CCC(C(=O)O)CC1. The van der Waals surface area contributed by atoms with Gasteiger partial charge < -0.3 is 15.3 Å². The van der Waals surface area contributed by atoms with E-state index in [0.717, 1.165) is 5.56 Å². The molecule has 1 amide bonds. The van der Waals surface area contributed by atoms with Crippen LogP contribution < -0.4 is 5.32 Å². The Morgan fingerprint density at radius 2 is 2.05 bits per heavy atom. The van der Waals surface area contributed by atoms with Crippen molar-refractivity contribution >= 4 is 17.6 Å². The molecular weight excluding hydrogens is 275 g/mol. The number of carboxylic acid groups (broad SMARTS) is 1. The van der Waals surface area contributed by atoms with Crippen molar-refractivity contribution < 1.29 is 19.1 Å². The monoisotopic (exact) mass is 294 g/mol. The first kappa shape index (κ1) is 15.3. The van der Waals surface area contributed by atoms with Crippen LogP contribution in [0, 0.1) is 18.7 Å². The van der Waals surface area contributed by atoms with Gasteiger partial charge in [-0.2, -0.15) is 0 Å².